The number of aromatic hydroxyl groups is 1. The van der Waals surface area contributed by atoms with E-state index >= 15 is 0 Å². The van der Waals surface area contributed by atoms with Crippen LogP contribution in [0.25, 0.3) is 5.95 Å². The first-order chi connectivity index (χ1) is 7.66. The highest BCUT2D eigenvalue weighted by molar-refractivity contribution is 5.77. The van der Waals surface area contributed by atoms with Crippen molar-refractivity contribution in [3.05, 3.63) is 30.2 Å². The highest BCUT2D eigenvalue weighted by atomic mass is 16.3. The van der Waals surface area contributed by atoms with Crippen molar-refractivity contribution < 1.29 is 9.90 Å². The standard InChI is InChI=1S/C9H9N5O2/c10-7(15)4-6-5-11-9(13-8(6)16)14-3-1-2-12-14/h1-3,5H,4H2,(H2,10,15)(H,11,13,16). The number of hydrogen-bond donors (Lipinski definition) is 2. The fourth-order valence-corrected chi connectivity index (χ4v) is 1.20. The second-order valence-corrected chi connectivity index (χ2v) is 3.11. The fraction of sp³-hybridized carbons (Fsp3) is 0.111. The van der Waals surface area contributed by atoms with Gasteiger partial charge in [-0.3, -0.25) is 4.79 Å². The van der Waals surface area contributed by atoms with Crippen LogP contribution in [0.2, 0.25) is 0 Å². The number of amides is 1. The van der Waals surface area contributed by atoms with Gasteiger partial charge in [0.05, 0.1) is 6.42 Å². The quantitative estimate of drug-likeness (QED) is 0.716. The summed E-state index contributed by atoms with van der Waals surface area (Å²) in [5.74, 6) is -0.583. The van der Waals surface area contributed by atoms with Crippen molar-refractivity contribution in [2.75, 3.05) is 0 Å². The molecule has 0 atom stereocenters. The van der Waals surface area contributed by atoms with Crippen molar-refractivity contribution in [1.82, 2.24) is 19.7 Å². The van der Waals surface area contributed by atoms with Crippen LogP contribution >= 0.6 is 0 Å². The first-order valence-corrected chi connectivity index (χ1v) is 4.50. The molecule has 3 N–H and O–H groups in total. The molecule has 0 aromatic carbocycles. The van der Waals surface area contributed by atoms with E-state index in [2.05, 4.69) is 15.1 Å². The van der Waals surface area contributed by atoms with Crippen LogP contribution in [0.4, 0.5) is 0 Å². The minimum Gasteiger partial charge on any atom is -0.493 e. The Morgan fingerprint density at radius 2 is 2.38 bits per heavy atom. The predicted octanol–water partition coefficient (Wildman–Crippen LogP) is -0.604. The maximum absolute atomic E-state index is 10.7. The number of nitrogens with two attached hydrogens (primary N) is 1. The van der Waals surface area contributed by atoms with Crippen LogP contribution in [0.1, 0.15) is 5.56 Å². The second kappa shape index (κ2) is 3.97. The Kier molecular flexibility index (Phi) is 2.50. The zero-order chi connectivity index (χ0) is 11.5. The Bertz CT molecular complexity index is 509. The molecule has 0 radical (unpaired) electrons. The third-order valence-corrected chi connectivity index (χ3v) is 1.90. The molecule has 7 heteroatoms. The number of hydrogen-bond acceptors (Lipinski definition) is 5. The molecule has 82 valence electrons. The first-order valence-electron chi connectivity index (χ1n) is 4.50. The van der Waals surface area contributed by atoms with Gasteiger partial charge in [-0.2, -0.15) is 10.1 Å². The van der Waals surface area contributed by atoms with E-state index in [0.29, 0.717) is 5.56 Å². The number of rotatable bonds is 3. The summed E-state index contributed by atoms with van der Waals surface area (Å²) in [7, 11) is 0. The van der Waals surface area contributed by atoms with E-state index in [9.17, 15) is 9.90 Å². The lowest BCUT2D eigenvalue weighted by Crippen LogP contribution is -2.14. The third kappa shape index (κ3) is 1.97. The first kappa shape index (κ1) is 10.1. The van der Waals surface area contributed by atoms with Gasteiger partial charge in [-0.1, -0.05) is 0 Å². The van der Waals surface area contributed by atoms with E-state index in [1.54, 1.807) is 18.5 Å². The molecule has 0 aliphatic rings. The molecule has 2 heterocycles. The largest absolute Gasteiger partial charge is 0.493 e. The monoisotopic (exact) mass is 219 g/mol. The Hall–Kier alpha value is -2.44. The van der Waals surface area contributed by atoms with Crippen molar-refractivity contribution in [3.8, 4) is 11.8 Å². The number of carbonyl (C=O) groups is 1. The average molecular weight is 219 g/mol. The summed E-state index contributed by atoms with van der Waals surface area (Å²) in [5, 5.41) is 13.4. The third-order valence-electron chi connectivity index (χ3n) is 1.90. The van der Waals surface area contributed by atoms with Crippen molar-refractivity contribution >= 4 is 5.91 Å². The van der Waals surface area contributed by atoms with Gasteiger partial charge in [-0.25, -0.2) is 9.67 Å². The zero-order valence-electron chi connectivity index (χ0n) is 8.24. The second-order valence-electron chi connectivity index (χ2n) is 3.11. The molecular formula is C9H9N5O2. The van der Waals surface area contributed by atoms with E-state index < -0.39 is 5.91 Å². The summed E-state index contributed by atoms with van der Waals surface area (Å²) in [6.45, 7) is 0. The topological polar surface area (TPSA) is 107 Å². The lowest BCUT2D eigenvalue weighted by Gasteiger charge is -2.03. The molecule has 2 aromatic heterocycles. The Balaban J connectivity index is 2.33. The summed E-state index contributed by atoms with van der Waals surface area (Å²) in [4.78, 5) is 18.4. The van der Waals surface area contributed by atoms with Gasteiger partial charge < -0.3 is 10.8 Å². The maximum Gasteiger partial charge on any atom is 0.253 e. The van der Waals surface area contributed by atoms with Crippen LogP contribution < -0.4 is 5.73 Å². The van der Waals surface area contributed by atoms with E-state index in [1.165, 1.54) is 10.9 Å². The van der Waals surface area contributed by atoms with Gasteiger partial charge in [0.1, 0.15) is 0 Å². The van der Waals surface area contributed by atoms with Crippen molar-refractivity contribution in [1.29, 1.82) is 0 Å². The van der Waals surface area contributed by atoms with Gasteiger partial charge in [0.25, 0.3) is 5.95 Å². The minimum atomic E-state index is -0.550. The molecule has 0 bridgehead atoms. The summed E-state index contributed by atoms with van der Waals surface area (Å²) in [5.41, 5.74) is 5.30. The van der Waals surface area contributed by atoms with Crippen LogP contribution in [0.15, 0.2) is 24.7 Å². The number of carbonyl (C=O) groups excluding carboxylic acids is 1. The molecule has 2 aromatic rings. The van der Waals surface area contributed by atoms with Crippen LogP contribution in [-0.4, -0.2) is 30.8 Å². The van der Waals surface area contributed by atoms with E-state index in [-0.39, 0.29) is 18.2 Å². The molecular weight excluding hydrogens is 210 g/mol. The summed E-state index contributed by atoms with van der Waals surface area (Å²) >= 11 is 0. The average Bonchev–Trinajstić information content (AvgIpc) is 2.73. The fourth-order valence-electron chi connectivity index (χ4n) is 1.20. The maximum atomic E-state index is 10.7. The smallest absolute Gasteiger partial charge is 0.253 e. The molecule has 0 aliphatic heterocycles. The molecule has 0 saturated carbocycles. The highest BCUT2D eigenvalue weighted by Gasteiger charge is 2.09. The van der Waals surface area contributed by atoms with Crippen molar-refractivity contribution in [2.24, 2.45) is 5.73 Å². The summed E-state index contributed by atoms with van der Waals surface area (Å²) < 4.78 is 1.40. The van der Waals surface area contributed by atoms with Gasteiger partial charge in [-0.15, -0.1) is 0 Å². The number of primary amides is 1. The van der Waals surface area contributed by atoms with Gasteiger partial charge in [0, 0.05) is 24.2 Å². The van der Waals surface area contributed by atoms with Gasteiger partial charge in [0.2, 0.25) is 11.8 Å². The van der Waals surface area contributed by atoms with E-state index in [0.717, 1.165) is 0 Å². The molecule has 1 amide bonds. The van der Waals surface area contributed by atoms with Gasteiger partial charge >= 0.3 is 0 Å². The summed E-state index contributed by atoms with van der Waals surface area (Å²) in [6, 6.07) is 1.71. The van der Waals surface area contributed by atoms with Crippen LogP contribution in [0.3, 0.4) is 0 Å². The lowest BCUT2D eigenvalue weighted by atomic mass is 10.2. The SMILES string of the molecule is NC(=O)Cc1cnc(-n2cccn2)nc1O. The highest BCUT2D eigenvalue weighted by Crippen LogP contribution is 2.14. The van der Waals surface area contributed by atoms with Gasteiger partial charge in [0.15, 0.2) is 0 Å². The van der Waals surface area contributed by atoms with Crippen LogP contribution in [0, 0.1) is 0 Å². The van der Waals surface area contributed by atoms with Crippen molar-refractivity contribution in [2.45, 2.75) is 6.42 Å². The molecule has 0 saturated heterocycles. The van der Waals surface area contributed by atoms with E-state index in [1.807, 2.05) is 0 Å². The normalized spacial score (nSPS) is 10.2. The molecule has 16 heavy (non-hydrogen) atoms. The number of nitrogens with zero attached hydrogens (tertiary/aromatic N) is 4. The van der Waals surface area contributed by atoms with E-state index in [4.69, 9.17) is 5.73 Å². The summed E-state index contributed by atoms with van der Waals surface area (Å²) in [6.07, 6.45) is 4.47. The van der Waals surface area contributed by atoms with Crippen LogP contribution in [0.5, 0.6) is 5.88 Å². The Morgan fingerprint density at radius 3 is 2.94 bits per heavy atom. The molecule has 7 nitrogen and oxygen atoms in total. The lowest BCUT2D eigenvalue weighted by molar-refractivity contribution is -0.117. The Labute approximate surface area is 90.6 Å². The van der Waals surface area contributed by atoms with Crippen LogP contribution in [-0.2, 0) is 11.2 Å². The Morgan fingerprint density at radius 1 is 1.56 bits per heavy atom. The molecule has 0 aliphatic carbocycles. The molecule has 2 rings (SSSR count). The van der Waals surface area contributed by atoms with Crippen molar-refractivity contribution in [3.63, 3.8) is 0 Å². The van der Waals surface area contributed by atoms with Gasteiger partial charge in [-0.05, 0) is 6.07 Å². The molecule has 0 spiro atoms. The zero-order valence-corrected chi connectivity index (χ0v) is 8.24. The predicted molar refractivity (Wildman–Crippen MR) is 53.7 cm³/mol. The minimum absolute atomic E-state index is 0.0920. The number of aromatic nitrogens is 4. The molecule has 0 fully saturated rings. The molecule has 0 unspecified atom stereocenters.